The van der Waals surface area contributed by atoms with Crippen LogP contribution in [0.5, 0.6) is 11.5 Å². The van der Waals surface area contributed by atoms with E-state index in [2.05, 4.69) is 17.2 Å². The first kappa shape index (κ1) is 21.9. The van der Waals surface area contributed by atoms with Gasteiger partial charge < -0.3 is 9.47 Å². The number of rotatable bonds is 14. The first-order valence-electron chi connectivity index (χ1n) is 10.7. The first-order chi connectivity index (χ1) is 13.8. The number of hydrogen-bond acceptors (Lipinski definition) is 4. The van der Waals surface area contributed by atoms with Gasteiger partial charge in [0.2, 0.25) is 0 Å². The molecule has 0 saturated carbocycles. The molecule has 0 atom stereocenters. The molecule has 4 heteroatoms. The Hall–Kier alpha value is -2.36. The van der Waals surface area contributed by atoms with E-state index < -0.39 is 0 Å². The highest BCUT2D eigenvalue weighted by Crippen LogP contribution is 2.32. The van der Waals surface area contributed by atoms with Crippen molar-refractivity contribution in [3.63, 3.8) is 0 Å². The highest BCUT2D eigenvalue weighted by molar-refractivity contribution is 5.51. The molecule has 2 aromatic carbocycles. The van der Waals surface area contributed by atoms with Crippen LogP contribution >= 0.6 is 0 Å². The van der Waals surface area contributed by atoms with E-state index in [-0.39, 0.29) is 0 Å². The number of ether oxygens (including phenoxy) is 2. The predicted molar refractivity (Wildman–Crippen MR) is 116 cm³/mol. The predicted octanol–water partition coefficient (Wildman–Crippen LogP) is 8.02. The second-order valence-electron chi connectivity index (χ2n) is 6.92. The van der Waals surface area contributed by atoms with Crippen LogP contribution in [0.1, 0.15) is 65.2 Å². The molecule has 0 amide bonds. The Morgan fingerprint density at radius 2 is 1.32 bits per heavy atom. The Kier molecular flexibility index (Phi) is 10.8. The molecule has 0 aliphatic heterocycles. The maximum atomic E-state index is 5.96. The van der Waals surface area contributed by atoms with E-state index in [4.69, 9.17) is 9.47 Å². The molecule has 4 nitrogen and oxygen atoms in total. The maximum absolute atomic E-state index is 5.96. The lowest BCUT2D eigenvalue weighted by atomic mass is 10.1. The first-order valence-corrected chi connectivity index (χ1v) is 10.7. The van der Waals surface area contributed by atoms with Crippen molar-refractivity contribution in [1.82, 2.24) is 0 Å². The van der Waals surface area contributed by atoms with E-state index in [9.17, 15) is 0 Å². The van der Waals surface area contributed by atoms with Gasteiger partial charge in [0.25, 0.3) is 0 Å². The quantitative estimate of drug-likeness (QED) is 0.245. The van der Waals surface area contributed by atoms with Crippen LogP contribution in [-0.2, 0) is 0 Å². The zero-order valence-electron chi connectivity index (χ0n) is 17.4. The highest BCUT2D eigenvalue weighted by Gasteiger charge is 2.06. The average molecular weight is 383 g/mol. The van der Waals surface area contributed by atoms with Crippen LogP contribution in [0.3, 0.4) is 0 Å². The van der Waals surface area contributed by atoms with E-state index in [0.717, 1.165) is 35.9 Å². The van der Waals surface area contributed by atoms with Crippen molar-refractivity contribution in [2.75, 3.05) is 13.2 Å². The van der Waals surface area contributed by atoms with E-state index >= 15 is 0 Å². The summed E-state index contributed by atoms with van der Waals surface area (Å²) in [5.74, 6) is 1.51. The standard InChI is InChI=1S/C24H34N2O2/c1-3-5-6-7-8-9-10-14-19-28-23-18-17-22(20-24(23)27-4-2)26-25-21-15-12-11-13-16-21/h11-13,15-18,20H,3-10,14,19H2,1-2H3/b26-25+. The summed E-state index contributed by atoms with van der Waals surface area (Å²) in [6.45, 7) is 5.54. The van der Waals surface area contributed by atoms with Crippen molar-refractivity contribution in [3.8, 4) is 11.5 Å². The summed E-state index contributed by atoms with van der Waals surface area (Å²) in [5.41, 5.74) is 1.59. The minimum Gasteiger partial charge on any atom is -0.490 e. The fourth-order valence-electron chi connectivity index (χ4n) is 2.97. The molecule has 152 valence electrons. The second-order valence-corrected chi connectivity index (χ2v) is 6.92. The Bertz CT molecular complexity index is 686. The average Bonchev–Trinajstić information content (AvgIpc) is 2.73. The lowest BCUT2D eigenvalue weighted by Gasteiger charge is -2.12. The van der Waals surface area contributed by atoms with Gasteiger partial charge in [-0.15, -0.1) is 0 Å². The van der Waals surface area contributed by atoms with Gasteiger partial charge in [-0.05, 0) is 37.6 Å². The van der Waals surface area contributed by atoms with Crippen molar-refractivity contribution in [2.45, 2.75) is 65.2 Å². The Balaban J connectivity index is 1.79. The van der Waals surface area contributed by atoms with E-state index in [0.29, 0.717) is 6.61 Å². The summed E-state index contributed by atoms with van der Waals surface area (Å²) in [6.07, 6.45) is 10.3. The number of benzene rings is 2. The van der Waals surface area contributed by atoms with Gasteiger partial charge >= 0.3 is 0 Å². The molecule has 0 aliphatic carbocycles. The van der Waals surface area contributed by atoms with Gasteiger partial charge in [0.15, 0.2) is 11.5 Å². The fraction of sp³-hybridized carbons (Fsp3) is 0.500. The monoisotopic (exact) mass is 382 g/mol. The van der Waals surface area contributed by atoms with Gasteiger partial charge in [-0.1, -0.05) is 70.1 Å². The van der Waals surface area contributed by atoms with Gasteiger partial charge in [0.1, 0.15) is 0 Å². The molecular formula is C24H34N2O2. The summed E-state index contributed by atoms with van der Waals surface area (Å²) in [4.78, 5) is 0. The molecule has 0 radical (unpaired) electrons. The second kappa shape index (κ2) is 13.8. The van der Waals surface area contributed by atoms with Gasteiger partial charge in [0.05, 0.1) is 24.6 Å². The van der Waals surface area contributed by atoms with Crippen molar-refractivity contribution in [1.29, 1.82) is 0 Å². The van der Waals surface area contributed by atoms with Crippen LogP contribution < -0.4 is 9.47 Å². The van der Waals surface area contributed by atoms with Crippen LogP contribution in [0.25, 0.3) is 0 Å². The molecule has 0 aliphatic rings. The number of unbranched alkanes of at least 4 members (excludes halogenated alkanes) is 7. The molecule has 28 heavy (non-hydrogen) atoms. The molecule has 0 unspecified atom stereocenters. The third kappa shape index (κ3) is 8.55. The molecule has 0 saturated heterocycles. The normalized spacial score (nSPS) is 11.1. The largest absolute Gasteiger partial charge is 0.490 e. The SMILES string of the molecule is CCCCCCCCCCOc1ccc(/N=N/c2ccccc2)cc1OCC. The topological polar surface area (TPSA) is 43.2 Å². The summed E-state index contributed by atoms with van der Waals surface area (Å²) >= 11 is 0. The molecule has 0 spiro atoms. The minimum absolute atomic E-state index is 0.591. The zero-order chi connectivity index (χ0) is 19.9. The Labute approximate surface area is 170 Å². The molecule has 0 bridgehead atoms. The van der Waals surface area contributed by atoms with E-state index in [1.807, 2.05) is 55.5 Å². The summed E-state index contributed by atoms with van der Waals surface area (Å²) < 4.78 is 11.7. The van der Waals surface area contributed by atoms with Crippen LogP contribution in [0, 0.1) is 0 Å². The van der Waals surface area contributed by atoms with E-state index in [1.165, 1.54) is 44.9 Å². The van der Waals surface area contributed by atoms with Gasteiger partial charge in [-0.2, -0.15) is 10.2 Å². The molecule has 0 heterocycles. The van der Waals surface area contributed by atoms with Crippen molar-refractivity contribution < 1.29 is 9.47 Å². The maximum Gasteiger partial charge on any atom is 0.163 e. The van der Waals surface area contributed by atoms with Gasteiger partial charge in [-0.25, -0.2) is 0 Å². The number of hydrogen-bond donors (Lipinski definition) is 0. The van der Waals surface area contributed by atoms with Crippen molar-refractivity contribution >= 4 is 11.4 Å². The van der Waals surface area contributed by atoms with Crippen LogP contribution in [0.15, 0.2) is 58.8 Å². The molecule has 2 aromatic rings. The smallest absolute Gasteiger partial charge is 0.163 e. The molecule has 0 fully saturated rings. The number of nitrogens with zero attached hydrogens (tertiary/aromatic N) is 2. The van der Waals surface area contributed by atoms with Crippen molar-refractivity contribution in [3.05, 3.63) is 48.5 Å². The van der Waals surface area contributed by atoms with Crippen LogP contribution in [0.4, 0.5) is 11.4 Å². The summed E-state index contributed by atoms with van der Waals surface area (Å²) in [7, 11) is 0. The van der Waals surface area contributed by atoms with Crippen molar-refractivity contribution in [2.24, 2.45) is 10.2 Å². The molecular weight excluding hydrogens is 348 g/mol. The lowest BCUT2D eigenvalue weighted by molar-refractivity contribution is 0.270. The summed E-state index contributed by atoms with van der Waals surface area (Å²) in [5, 5.41) is 8.56. The van der Waals surface area contributed by atoms with Gasteiger partial charge in [0, 0.05) is 6.07 Å². The fourth-order valence-corrected chi connectivity index (χ4v) is 2.97. The van der Waals surface area contributed by atoms with Crippen LogP contribution in [0.2, 0.25) is 0 Å². The van der Waals surface area contributed by atoms with Crippen LogP contribution in [-0.4, -0.2) is 13.2 Å². The third-order valence-electron chi connectivity index (χ3n) is 4.52. The molecule has 0 aromatic heterocycles. The Morgan fingerprint density at radius 1 is 0.643 bits per heavy atom. The summed E-state index contributed by atoms with van der Waals surface area (Å²) in [6, 6.07) is 15.4. The lowest BCUT2D eigenvalue weighted by Crippen LogP contribution is -2.01. The molecule has 2 rings (SSSR count). The number of azo groups is 1. The minimum atomic E-state index is 0.591. The third-order valence-corrected chi connectivity index (χ3v) is 4.52. The zero-order valence-corrected chi connectivity index (χ0v) is 17.4. The molecule has 0 N–H and O–H groups in total. The van der Waals surface area contributed by atoms with E-state index in [1.54, 1.807) is 0 Å². The van der Waals surface area contributed by atoms with Gasteiger partial charge in [-0.3, -0.25) is 0 Å². The highest BCUT2D eigenvalue weighted by atomic mass is 16.5. The Morgan fingerprint density at radius 3 is 2.04 bits per heavy atom.